The lowest BCUT2D eigenvalue weighted by Gasteiger charge is -2.24. The lowest BCUT2D eigenvalue weighted by atomic mass is 10.1. The minimum Gasteiger partial charge on any atom is -0.350 e. The number of halogens is 3. The van der Waals surface area contributed by atoms with Crippen LogP contribution < -0.4 is 10.6 Å². The predicted octanol–water partition coefficient (Wildman–Crippen LogP) is 2.05. The van der Waals surface area contributed by atoms with Crippen molar-refractivity contribution in [3.05, 3.63) is 24.3 Å². The number of rotatable bonds is 3. The Morgan fingerprint density at radius 1 is 1.27 bits per heavy atom. The van der Waals surface area contributed by atoms with E-state index < -0.39 is 11.7 Å². The summed E-state index contributed by atoms with van der Waals surface area (Å²) in [6.45, 7) is 1.69. The number of imidazole rings is 1. The molecule has 0 unspecified atom stereocenters. The Labute approximate surface area is 124 Å². The van der Waals surface area contributed by atoms with Crippen LogP contribution in [0.2, 0.25) is 0 Å². The molecule has 3 N–H and O–H groups in total. The zero-order valence-corrected chi connectivity index (χ0v) is 11.6. The number of aromatic amines is 1. The maximum atomic E-state index is 13.1. The molecule has 0 amide bonds. The predicted molar refractivity (Wildman–Crippen MR) is 74.1 cm³/mol. The van der Waals surface area contributed by atoms with Gasteiger partial charge < -0.3 is 15.6 Å². The van der Waals surface area contributed by atoms with Crippen molar-refractivity contribution >= 4 is 5.95 Å². The molecule has 1 aliphatic heterocycles. The number of H-pyrrole nitrogens is 1. The molecule has 1 atom stereocenters. The van der Waals surface area contributed by atoms with Crippen LogP contribution >= 0.6 is 0 Å². The van der Waals surface area contributed by atoms with Gasteiger partial charge in [0.15, 0.2) is 0 Å². The second-order valence-electron chi connectivity index (χ2n) is 5.11. The minimum atomic E-state index is -4.52. The lowest BCUT2D eigenvalue weighted by Crippen LogP contribution is -2.38. The van der Waals surface area contributed by atoms with Crippen LogP contribution in [0.25, 0.3) is 11.4 Å². The van der Waals surface area contributed by atoms with E-state index in [0.717, 1.165) is 32.1 Å². The van der Waals surface area contributed by atoms with Gasteiger partial charge in [-0.05, 0) is 19.4 Å². The van der Waals surface area contributed by atoms with Gasteiger partial charge in [-0.3, -0.25) is 0 Å². The van der Waals surface area contributed by atoms with E-state index >= 15 is 0 Å². The molecule has 1 fully saturated rings. The van der Waals surface area contributed by atoms with Crippen LogP contribution in [0, 0.1) is 0 Å². The summed E-state index contributed by atoms with van der Waals surface area (Å²) in [6, 6.07) is 0.111. The number of hydrogen-bond acceptors (Lipinski definition) is 5. The van der Waals surface area contributed by atoms with Gasteiger partial charge in [0.25, 0.3) is 0 Å². The molecule has 0 aromatic carbocycles. The van der Waals surface area contributed by atoms with Gasteiger partial charge in [0.2, 0.25) is 5.95 Å². The van der Waals surface area contributed by atoms with E-state index in [-0.39, 0.29) is 23.4 Å². The fourth-order valence-corrected chi connectivity index (χ4v) is 2.41. The normalized spacial score (nSPS) is 19.1. The highest BCUT2D eigenvalue weighted by atomic mass is 19.4. The fraction of sp³-hybridized carbons (Fsp3) is 0.462. The highest BCUT2D eigenvalue weighted by molar-refractivity contribution is 5.60. The Hall–Kier alpha value is -2.16. The van der Waals surface area contributed by atoms with Crippen molar-refractivity contribution in [1.82, 2.24) is 25.3 Å². The second kappa shape index (κ2) is 5.91. The van der Waals surface area contributed by atoms with Gasteiger partial charge in [-0.1, -0.05) is 0 Å². The van der Waals surface area contributed by atoms with E-state index in [1.807, 2.05) is 0 Å². The SMILES string of the molecule is FC(F)(F)c1cnc(N[C@H]2CCCNC2)nc1-c1cnc[nH]1. The Morgan fingerprint density at radius 2 is 2.14 bits per heavy atom. The first-order valence-electron chi connectivity index (χ1n) is 6.94. The number of hydrogen-bond donors (Lipinski definition) is 3. The van der Waals surface area contributed by atoms with Gasteiger partial charge >= 0.3 is 6.18 Å². The van der Waals surface area contributed by atoms with E-state index in [0.29, 0.717) is 0 Å². The van der Waals surface area contributed by atoms with Crippen molar-refractivity contribution in [2.24, 2.45) is 0 Å². The molecular weight excluding hydrogens is 297 g/mol. The molecule has 9 heteroatoms. The summed E-state index contributed by atoms with van der Waals surface area (Å²) in [5.74, 6) is 0.186. The van der Waals surface area contributed by atoms with Gasteiger partial charge in [-0.15, -0.1) is 0 Å². The van der Waals surface area contributed by atoms with Crippen molar-refractivity contribution in [2.75, 3.05) is 18.4 Å². The Morgan fingerprint density at radius 3 is 2.77 bits per heavy atom. The van der Waals surface area contributed by atoms with E-state index in [4.69, 9.17) is 0 Å². The molecule has 0 bridgehead atoms. The maximum Gasteiger partial charge on any atom is 0.420 e. The molecule has 0 radical (unpaired) electrons. The molecule has 0 aliphatic carbocycles. The molecule has 0 spiro atoms. The molecule has 22 heavy (non-hydrogen) atoms. The van der Waals surface area contributed by atoms with E-state index in [1.54, 1.807) is 0 Å². The van der Waals surface area contributed by atoms with Crippen molar-refractivity contribution in [1.29, 1.82) is 0 Å². The summed E-state index contributed by atoms with van der Waals surface area (Å²) < 4.78 is 39.3. The molecule has 2 aromatic rings. The highest BCUT2D eigenvalue weighted by Crippen LogP contribution is 2.35. The summed E-state index contributed by atoms with van der Waals surface area (Å²) in [7, 11) is 0. The van der Waals surface area contributed by atoms with Crippen LogP contribution in [0.4, 0.5) is 19.1 Å². The number of nitrogens with one attached hydrogen (secondary N) is 3. The van der Waals surface area contributed by atoms with E-state index in [1.165, 1.54) is 12.5 Å². The van der Waals surface area contributed by atoms with Gasteiger partial charge in [0, 0.05) is 18.8 Å². The molecule has 118 valence electrons. The third kappa shape index (κ3) is 3.19. The van der Waals surface area contributed by atoms with E-state index in [9.17, 15) is 13.2 Å². The van der Waals surface area contributed by atoms with Gasteiger partial charge in [-0.2, -0.15) is 13.2 Å². The Bertz CT molecular complexity index is 619. The van der Waals surface area contributed by atoms with E-state index in [2.05, 4.69) is 30.6 Å². The molecule has 1 aliphatic rings. The fourth-order valence-electron chi connectivity index (χ4n) is 2.41. The minimum absolute atomic E-state index is 0.111. The molecule has 0 saturated carbocycles. The zero-order valence-electron chi connectivity index (χ0n) is 11.6. The van der Waals surface area contributed by atoms with Crippen LogP contribution in [-0.2, 0) is 6.18 Å². The van der Waals surface area contributed by atoms with Crippen molar-refractivity contribution in [2.45, 2.75) is 25.1 Å². The highest BCUT2D eigenvalue weighted by Gasteiger charge is 2.36. The second-order valence-corrected chi connectivity index (χ2v) is 5.11. The Balaban J connectivity index is 1.92. The van der Waals surface area contributed by atoms with Crippen LogP contribution in [0.5, 0.6) is 0 Å². The molecular formula is C13H15F3N6. The van der Waals surface area contributed by atoms with Gasteiger partial charge in [-0.25, -0.2) is 15.0 Å². The number of piperidine rings is 1. The summed E-state index contributed by atoms with van der Waals surface area (Å²) in [5.41, 5.74) is -0.880. The average molecular weight is 312 g/mol. The standard InChI is InChI=1S/C13H15F3N6/c14-13(15,16)9-5-19-12(21-8-2-1-3-17-4-8)22-11(9)10-6-18-7-20-10/h5-8,17H,1-4H2,(H,18,20)(H,19,21,22)/t8-/m0/s1. The first-order chi connectivity index (χ1) is 10.5. The van der Waals surface area contributed by atoms with Crippen LogP contribution in [0.3, 0.4) is 0 Å². The van der Waals surface area contributed by atoms with Crippen molar-refractivity contribution < 1.29 is 13.2 Å². The monoisotopic (exact) mass is 312 g/mol. The third-order valence-corrected chi connectivity index (χ3v) is 3.48. The lowest BCUT2D eigenvalue weighted by molar-refractivity contribution is -0.137. The van der Waals surface area contributed by atoms with Gasteiger partial charge in [0.1, 0.15) is 11.3 Å². The quantitative estimate of drug-likeness (QED) is 0.808. The third-order valence-electron chi connectivity index (χ3n) is 3.48. The maximum absolute atomic E-state index is 13.1. The molecule has 1 saturated heterocycles. The van der Waals surface area contributed by atoms with Crippen LogP contribution in [-0.4, -0.2) is 39.1 Å². The molecule has 3 rings (SSSR count). The summed E-state index contributed by atoms with van der Waals surface area (Å²) in [4.78, 5) is 14.2. The number of aromatic nitrogens is 4. The zero-order chi connectivity index (χ0) is 15.6. The molecule has 3 heterocycles. The summed E-state index contributed by atoms with van der Waals surface area (Å²) >= 11 is 0. The molecule has 6 nitrogen and oxygen atoms in total. The van der Waals surface area contributed by atoms with Crippen molar-refractivity contribution in [3.8, 4) is 11.4 Å². The summed E-state index contributed by atoms with van der Waals surface area (Å²) in [6.07, 6.45) is 0.842. The van der Waals surface area contributed by atoms with Gasteiger partial charge in [0.05, 0.1) is 18.2 Å². The number of anilines is 1. The van der Waals surface area contributed by atoms with Crippen molar-refractivity contribution in [3.63, 3.8) is 0 Å². The topological polar surface area (TPSA) is 78.5 Å². The largest absolute Gasteiger partial charge is 0.420 e. The number of alkyl halides is 3. The number of nitrogens with zero attached hydrogens (tertiary/aromatic N) is 3. The summed E-state index contributed by atoms with van der Waals surface area (Å²) in [5, 5.41) is 6.29. The first kappa shape index (κ1) is 14.8. The smallest absolute Gasteiger partial charge is 0.350 e. The average Bonchev–Trinajstić information content (AvgIpc) is 3.01. The molecule has 2 aromatic heterocycles. The first-order valence-corrected chi connectivity index (χ1v) is 6.94. The van der Waals surface area contributed by atoms with Crippen LogP contribution in [0.15, 0.2) is 18.7 Å². The Kier molecular flexibility index (Phi) is 3.97. The van der Waals surface area contributed by atoms with Crippen LogP contribution in [0.1, 0.15) is 18.4 Å².